The lowest BCUT2D eigenvalue weighted by molar-refractivity contribution is -0.131. The van der Waals surface area contributed by atoms with Gasteiger partial charge in [0.25, 0.3) is 0 Å². The minimum Gasteiger partial charge on any atom is -0.342 e. The van der Waals surface area contributed by atoms with Gasteiger partial charge in [-0.15, -0.1) is 0 Å². The lowest BCUT2D eigenvalue weighted by Gasteiger charge is -2.37. The zero-order valence-corrected chi connectivity index (χ0v) is 16.0. The van der Waals surface area contributed by atoms with Crippen LogP contribution in [0.4, 0.5) is 5.82 Å². The van der Waals surface area contributed by atoms with Crippen molar-refractivity contribution in [2.75, 3.05) is 37.3 Å². The van der Waals surface area contributed by atoms with Crippen LogP contribution in [0.1, 0.15) is 25.7 Å². The normalized spacial score (nSPS) is 21.7. The van der Waals surface area contributed by atoms with E-state index in [0.29, 0.717) is 38.3 Å². The van der Waals surface area contributed by atoms with Gasteiger partial charge >= 0.3 is 0 Å². The molecule has 1 atom stereocenters. The second-order valence-corrected chi connectivity index (χ2v) is 8.79. The van der Waals surface area contributed by atoms with E-state index in [-0.39, 0.29) is 18.4 Å². The van der Waals surface area contributed by atoms with E-state index in [1.54, 1.807) is 33.8 Å². The molecule has 0 N–H and O–H groups in total. The topological polar surface area (TPSA) is 95.8 Å². The van der Waals surface area contributed by atoms with Gasteiger partial charge in [-0.2, -0.15) is 9.40 Å². The van der Waals surface area contributed by atoms with Crippen LogP contribution >= 0.6 is 0 Å². The summed E-state index contributed by atoms with van der Waals surface area (Å²) >= 11 is 0. The summed E-state index contributed by atoms with van der Waals surface area (Å²) in [6.45, 7) is 1.52. The molecule has 2 amide bonds. The van der Waals surface area contributed by atoms with Gasteiger partial charge in [0.15, 0.2) is 0 Å². The van der Waals surface area contributed by atoms with Crippen LogP contribution < -0.4 is 4.90 Å². The molecule has 2 aliphatic rings. The molecule has 2 fully saturated rings. The minimum absolute atomic E-state index is 0.238. The molecular weight excluding hydrogens is 358 g/mol. The molecule has 3 rings (SSSR count). The molecule has 9 nitrogen and oxygen atoms in total. The third kappa shape index (κ3) is 3.75. The summed E-state index contributed by atoms with van der Waals surface area (Å²) in [6.07, 6.45) is 5.58. The van der Waals surface area contributed by atoms with Crippen LogP contribution in [0.25, 0.3) is 0 Å². The standard InChI is InChI=1S/C16H25N5O4S/c1-18-14(7-8-17-18)20-11-5-6-13(16(20)23)21(26(2,24)25)12-15(22)19-9-3-4-10-19/h7-8,13H,3-6,9-12H2,1-2H3. The average Bonchev–Trinajstić information content (AvgIpc) is 3.24. The van der Waals surface area contributed by atoms with E-state index in [9.17, 15) is 18.0 Å². The molecule has 2 saturated heterocycles. The van der Waals surface area contributed by atoms with Crippen LogP contribution in [0.15, 0.2) is 12.3 Å². The van der Waals surface area contributed by atoms with Crippen LogP contribution in [0.5, 0.6) is 0 Å². The summed E-state index contributed by atoms with van der Waals surface area (Å²) in [5, 5.41) is 4.08. The number of rotatable bonds is 5. The number of likely N-dealkylation sites (tertiary alicyclic amines) is 1. The monoisotopic (exact) mass is 383 g/mol. The Morgan fingerprint density at radius 3 is 2.54 bits per heavy atom. The lowest BCUT2D eigenvalue weighted by Crippen LogP contribution is -2.56. The maximum Gasteiger partial charge on any atom is 0.246 e. The molecule has 26 heavy (non-hydrogen) atoms. The number of carbonyl (C=O) groups excluding carboxylic acids is 2. The van der Waals surface area contributed by atoms with E-state index >= 15 is 0 Å². The van der Waals surface area contributed by atoms with Gasteiger partial charge < -0.3 is 4.90 Å². The van der Waals surface area contributed by atoms with Gasteiger partial charge in [0.1, 0.15) is 11.9 Å². The molecule has 144 valence electrons. The number of hydrogen-bond acceptors (Lipinski definition) is 5. The van der Waals surface area contributed by atoms with Crippen molar-refractivity contribution in [2.24, 2.45) is 7.05 Å². The first-order valence-electron chi connectivity index (χ1n) is 8.83. The summed E-state index contributed by atoms with van der Waals surface area (Å²) in [5.41, 5.74) is 0. The van der Waals surface area contributed by atoms with E-state index in [1.807, 2.05) is 0 Å². The number of hydrogen-bond donors (Lipinski definition) is 0. The maximum atomic E-state index is 13.0. The van der Waals surface area contributed by atoms with Gasteiger partial charge in [-0.05, 0) is 25.7 Å². The zero-order chi connectivity index (χ0) is 18.9. The highest BCUT2D eigenvalue weighted by atomic mass is 32.2. The van der Waals surface area contributed by atoms with E-state index in [1.165, 1.54) is 0 Å². The average molecular weight is 383 g/mol. The predicted molar refractivity (Wildman–Crippen MR) is 95.9 cm³/mol. The summed E-state index contributed by atoms with van der Waals surface area (Å²) in [5.74, 6) is 0.0805. The molecule has 3 heterocycles. The molecule has 2 aliphatic heterocycles. The molecule has 0 saturated carbocycles. The molecular formula is C16H25N5O4S. The second-order valence-electron chi connectivity index (χ2n) is 6.86. The highest BCUT2D eigenvalue weighted by Gasteiger charge is 2.40. The Kier molecular flexibility index (Phi) is 5.33. The predicted octanol–water partition coefficient (Wildman–Crippen LogP) is -0.200. The van der Waals surface area contributed by atoms with Crippen molar-refractivity contribution in [3.8, 4) is 0 Å². The number of nitrogens with zero attached hydrogens (tertiary/aromatic N) is 5. The number of sulfonamides is 1. The Hall–Kier alpha value is -1.94. The summed E-state index contributed by atoms with van der Waals surface area (Å²) in [7, 11) is -1.97. The van der Waals surface area contributed by atoms with Crippen molar-refractivity contribution >= 4 is 27.7 Å². The van der Waals surface area contributed by atoms with Crippen molar-refractivity contribution in [3.05, 3.63) is 12.3 Å². The minimum atomic E-state index is -3.71. The molecule has 10 heteroatoms. The van der Waals surface area contributed by atoms with Gasteiger partial charge in [-0.3, -0.25) is 19.2 Å². The number of amides is 2. The Morgan fingerprint density at radius 2 is 1.96 bits per heavy atom. The first-order valence-corrected chi connectivity index (χ1v) is 10.7. The Bertz CT molecular complexity index is 784. The molecule has 0 aliphatic carbocycles. The molecule has 0 spiro atoms. The van der Waals surface area contributed by atoms with E-state index in [4.69, 9.17) is 0 Å². The number of anilines is 1. The van der Waals surface area contributed by atoms with Crippen LogP contribution in [-0.4, -0.2) is 77.7 Å². The molecule has 1 aromatic rings. The van der Waals surface area contributed by atoms with Crippen LogP contribution in [0.3, 0.4) is 0 Å². The lowest BCUT2D eigenvalue weighted by atomic mass is 10.0. The fourth-order valence-corrected chi connectivity index (χ4v) is 4.64. The SMILES string of the molecule is Cn1nccc1N1CCCC(N(CC(=O)N2CCCC2)S(C)(=O)=O)C1=O. The number of piperidine rings is 1. The van der Waals surface area contributed by atoms with Gasteiger partial charge in [0.2, 0.25) is 21.8 Å². The quantitative estimate of drug-likeness (QED) is 0.702. The second kappa shape index (κ2) is 7.36. The number of aryl methyl sites for hydroxylation is 1. The molecule has 1 aromatic heterocycles. The fraction of sp³-hybridized carbons (Fsp3) is 0.688. The third-order valence-corrected chi connectivity index (χ3v) is 6.24. The Morgan fingerprint density at radius 1 is 1.27 bits per heavy atom. The van der Waals surface area contributed by atoms with Crippen molar-refractivity contribution in [2.45, 2.75) is 31.7 Å². The van der Waals surface area contributed by atoms with E-state index in [2.05, 4.69) is 5.10 Å². The van der Waals surface area contributed by atoms with Crippen molar-refractivity contribution in [3.63, 3.8) is 0 Å². The maximum absolute atomic E-state index is 13.0. The van der Waals surface area contributed by atoms with Gasteiger partial charge in [0, 0.05) is 32.7 Å². The smallest absolute Gasteiger partial charge is 0.246 e. The fourth-order valence-electron chi connectivity index (χ4n) is 3.64. The first-order chi connectivity index (χ1) is 12.3. The molecule has 0 aromatic carbocycles. The van der Waals surface area contributed by atoms with Crippen molar-refractivity contribution in [1.29, 1.82) is 0 Å². The number of aromatic nitrogens is 2. The van der Waals surface area contributed by atoms with Gasteiger partial charge in [-0.25, -0.2) is 8.42 Å². The first kappa shape index (κ1) is 18.8. The molecule has 1 unspecified atom stereocenters. The largest absolute Gasteiger partial charge is 0.342 e. The third-order valence-electron chi connectivity index (χ3n) is 5.01. The van der Waals surface area contributed by atoms with Crippen LogP contribution in [0.2, 0.25) is 0 Å². The highest BCUT2D eigenvalue weighted by molar-refractivity contribution is 7.88. The number of carbonyl (C=O) groups is 2. The highest BCUT2D eigenvalue weighted by Crippen LogP contribution is 2.25. The van der Waals surface area contributed by atoms with E-state index in [0.717, 1.165) is 23.4 Å². The van der Waals surface area contributed by atoms with Crippen molar-refractivity contribution < 1.29 is 18.0 Å². The Labute approximate surface area is 153 Å². The molecule has 0 bridgehead atoms. The molecule has 0 radical (unpaired) electrons. The summed E-state index contributed by atoms with van der Waals surface area (Å²) in [4.78, 5) is 28.7. The Balaban J connectivity index is 1.82. The van der Waals surface area contributed by atoms with Crippen LogP contribution in [0, 0.1) is 0 Å². The van der Waals surface area contributed by atoms with Crippen molar-refractivity contribution in [1.82, 2.24) is 19.0 Å². The van der Waals surface area contributed by atoms with Gasteiger partial charge in [0.05, 0.1) is 19.0 Å². The van der Waals surface area contributed by atoms with Gasteiger partial charge in [-0.1, -0.05) is 0 Å². The van der Waals surface area contributed by atoms with E-state index < -0.39 is 16.1 Å². The van der Waals surface area contributed by atoms with Crippen LogP contribution in [-0.2, 0) is 26.7 Å². The summed E-state index contributed by atoms with van der Waals surface area (Å²) in [6, 6.07) is 0.862. The summed E-state index contributed by atoms with van der Waals surface area (Å²) < 4.78 is 27.4. The zero-order valence-electron chi connectivity index (χ0n) is 15.2.